The molecule has 2 aromatic rings. The number of hydrogen-bond acceptors (Lipinski definition) is 4. The SMILES string of the molecule is CN(C(=O)Cc1cnn(C)c1)c1ccc(OCC(=O)O)cc1. The van der Waals surface area contributed by atoms with Gasteiger partial charge >= 0.3 is 5.97 Å². The molecule has 0 atom stereocenters. The first-order valence-corrected chi connectivity index (χ1v) is 6.64. The quantitative estimate of drug-likeness (QED) is 0.863. The van der Waals surface area contributed by atoms with Crippen LogP contribution in [-0.2, 0) is 23.1 Å². The van der Waals surface area contributed by atoms with Crippen LogP contribution >= 0.6 is 0 Å². The number of amides is 1. The van der Waals surface area contributed by atoms with Gasteiger partial charge in [0.2, 0.25) is 5.91 Å². The molecule has 116 valence electrons. The van der Waals surface area contributed by atoms with Crippen molar-refractivity contribution in [2.24, 2.45) is 7.05 Å². The Labute approximate surface area is 127 Å². The lowest BCUT2D eigenvalue weighted by Crippen LogP contribution is -2.27. The normalized spacial score (nSPS) is 10.3. The number of ether oxygens (including phenoxy) is 1. The van der Waals surface area contributed by atoms with Crippen molar-refractivity contribution >= 4 is 17.6 Å². The lowest BCUT2D eigenvalue weighted by atomic mass is 10.2. The molecule has 1 aromatic carbocycles. The van der Waals surface area contributed by atoms with Crippen LogP contribution in [0.4, 0.5) is 5.69 Å². The summed E-state index contributed by atoms with van der Waals surface area (Å²) in [4.78, 5) is 24.2. The summed E-state index contributed by atoms with van der Waals surface area (Å²) in [5.41, 5.74) is 1.55. The summed E-state index contributed by atoms with van der Waals surface area (Å²) in [7, 11) is 3.49. The van der Waals surface area contributed by atoms with Gasteiger partial charge in [0.1, 0.15) is 5.75 Å². The molecule has 0 bridgehead atoms. The molecular formula is C15H17N3O4. The Morgan fingerprint density at radius 1 is 1.32 bits per heavy atom. The predicted molar refractivity (Wildman–Crippen MR) is 79.9 cm³/mol. The lowest BCUT2D eigenvalue weighted by molar-refractivity contribution is -0.139. The summed E-state index contributed by atoms with van der Waals surface area (Å²) in [5.74, 6) is -0.653. The van der Waals surface area contributed by atoms with Crippen LogP contribution in [0.3, 0.4) is 0 Å². The predicted octanol–water partition coefficient (Wildman–Crippen LogP) is 1.09. The Morgan fingerprint density at radius 2 is 2.00 bits per heavy atom. The van der Waals surface area contributed by atoms with Crippen molar-refractivity contribution < 1.29 is 19.4 Å². The first kappa shape index (κ1) is 15.6. The van der Waals surface area contributed by atoms with E-state index in [1.54, 1.807) is 55.4 Å². The minimum Gasteiger partial charge on any atom is -0.482 e. The number of aryl methyl sites for hydroxylation is 1. The van der Waals surface area contributed by atoms with E-state index in [2.05, 4.69) is 5.10 Å². The fourth-order valence-electron chi connectivity index (χ4n) is 1.91. The molecule has 0 saturated heterocycles. The fourth-order valence-corrected chi connectivity index (χ4v) is 1.91. The van der Waals surface area contributed by atoms with Gasteiger partial charge in [-0.25, -0.2) is 4.79 Å². The monoisotopic (exact) mass is 303 g/mol. The van der Waals surface area contributed by atoms with Crippen molar-refractivity contribution in [3.05, 3.63) is 42.2 Å². The van der Waals surface area contributed by atoms with E-state index >= 15 is 0 Å². The second-order valence-electron chi connectivity index (χ2n) is 4.83. The molecule has 1 heterocycles. The van der Waals surface area contributed by atoms with Crippen molar-refractivity contribution in [1.82, 2.24) is 9.78 Å². The highest BCUT2D eigenvalue weighted by molar-refractivity contribution is 5.94. The van der Waals surface area contributed by atoms with Crippen molar-refractivity contribution in [2.45, 2.75) is 6.42 Å². The Hall–Kier alpha value is -2.83. The Kier molecular flexibility index (Phi) is 4.77. The number of carbonyl (C=O) groups excluding carboxylic acids is 1. The molecule has 0 radical (unpaired) electrons. The average molecular weight is 303 g/mol. The van der Waals surface area contributed by atoms with Crippen LogP contribution in [0.15, 0.2) is 36.7 Å². The van der Waals surface area contributed by atoms with Gasteiger partial charge in [-0.15, -0.1) is 0 Å². The van der Waals surface area contributed by atoms with Crippen LogP contribution in [0.2, 0.25) is 0 Å². The number of hydrogen-bond donors (Lipinski definition) is 1. The number of carboxylic acid groups (broad SMARTS) is 1. The maximum atomic E-state index is 12.2. The van der Waals surface area contributed by atoms with Gasteiger partial charge in [0.05, 0.1) is 12.6 Å². The summed E-state index contributed by atoms with van der Waals surface area (Å²) in [5, 5.41) is 12.6. The minimum atomic E-state index is -1.03. The van der Waals surface area contributed by atoms with Gasteiger partial charge in [-0.3, -0.25) is 9.48 Å². The van der Waals surface area contributed by atoms with Crippen molar-refractivity contribution in [1.29, 1.82) is 0 Å². The molecule has 0 aliphatic heterocycles. The summed E-state index contributed by atoms with van der Waals surface area (Å²) >= 11 is 0. The first-order chi connectivity index (χ1) is 10.5. The van der Waals surface area contributed by atoms with Crippen LogP contribution in [-0.4, -0.2) is 40.4 Å². The van der Waals surface area contributed by atoms with Crippen molar-refractivity contribution in [3.63, 3.8) is 0 Å². The third kappa shape index (κ3) is 4.08. The largest absolute Gasteiger partial charge is 0.482 e. The maximum absolute atomic E-state index is 12.2. The Bertz CT molecular complexity index is 664. The van der Waals surface area contributed by atoms with Gasteiger partial charge < -0.3 is 14.7 Å². The summed E-state index contributed by atoms with van der Waals surface area (Å²) in [6.07, 6.45) is 3.73. The number of benzene rings is 1. The molecule has 0 aliphatic carbocycles. The number of carboxylic acids is 1. The van der Waals surface area contributed by atoms with E-state index in [0.29, 0.717) is 11.4 Å². The van der Waals surface area contributed by atoms with E-state index in [0.717, 1.165) is 5.56 Å². The number of aliphatic carboxylic acids is 1. The molecule has 1 N–H and O–H groups in total. The highest BCUT2D eigenvalue weighted by Crippen LogP contribution is 2.19. The molecule has 1 aromatic heterocycles. The zero-order valence-corrected chi connectivity index (χ0v) is 12.4. The van der Waals surface area contributed by atoms with Crippen molar-refractivity contribution in [3.8, 4) is 5.75 Å². The van der Waals surface area contributed by atoms with Crippen LogP contribution < -0.4 is 9.64 Å². The molecule has 7 heteroatoms. The standard InChI is InChI=1S/C15H17N3O4/c1-17-9-11(8-16-17)7-14(19)18(2)12-3-5-13(6-4-12)22-10-15(20)21/h3-6,8-9H,7,10H2,1-2H3,(H,20,21). The highest BCUT2D eigenvalue weighted by Gasteiger charge is 2.13. The van der Waals surface area contributed by atoms with Gasteiger partial charge in [-0.1, -0.05) is 0 Å². The average Bonchev–Trinajstić information content (AvgIpc) is 2.90. The molecule has 1 amide bonds. The summed E-state index contributed by atoms with van der Waals surface area (Å²) < 4.78 is 6.70. The van der Waals surface area contributed by atoms with Gasteiger partial charge in [0, 0.05) is 26.0 Å². The summed E-state index contributed by atoms with van der Waals surface area (Å²) in [6, 6.07) is 6.68. The molecular weight excluding hydrogens is 286 g/mol. The molecule has 2 rings (SSSR count). The van der Waals surface area contributed by atoms with Crippen LogP contribution in [0.25, 0.3) is 0 Å². The lowest BCUT2D eigenvalue weighted by Gasteiger charge is -2.17. The smallest absolute Gasteiger partial charge is 0.341 e. The molecule has 0 saturated carbocycles. The van der Waals surface area contributed by atoms with E-state index in [4.69, 9.17) is 9.84 Å². The topological polar surface area (TPSA) is 84.7 Å². The third-order valence-corrected chi connectivity index (χ3v) is 3.07. The van der Waals surface area contributed by atoms with E-state index in [1.165, 1.54) is 4.90 Å². The van der Waals surface area contributed by atoms with Gasteiger partial charge in [0.15, 0.2) is 6.61 Å². The Balaban J connectivity index is 1.97. The maximum Gasteiger partial charge on any atom is 0.341 e. The number of likely N-dealkylation sites (N-methyl/N-ethyl adjacent to an activating group) is 1. The Morgan fingerprint density at radius 3 is 2.55 bits per heavy atom. The molecule has 0 spiro atoms. The zero-order chi connectivity index (χ0) is 16.1. The molecule has 0 fully saturated rings. The number of carbonyl (C=O) groups is 2. The van der Waals surface area contributed by atoms with E-state index in [-0.39, 0.29) is 12.3 Å². The van der Waals surface area contributed by atoms with Crippen LogP contribution in [0.5, 0.6) is 5.75 Å². The molecule has 0 aliphatic rings. The third-order valence-electron chi connectivity index (χ3n) is 3.07. The zero-order valence-electron chi connectivity index (χ0n) is 12.4. The first-order valence-electron chi connectivity index (χ1n) is 6.64. The number of anilines is 1. The number of aromatic nitrogens is 2. The number of rotatable bonds is 6. The van der Waals surface area contributed by atoms with E-state index in [1.807, 2.05) is 0 Å². The minimum absolute atomic E-state index is 0.0628. The van der Waals surface area contributed by atoms with E-state index < -0.39 is 12.6 Å². The molecule has 0 unspecified atom stereocenters. The van der Waals surface area contributed by atoms with Crippen LogP contribution in [0, 0.1) is 0 Å². The number of nitrogens with zero attached hydrogens (tertiary/aromatic N) is 3. The molecule has 7 nitrogen and oxygen atoms in total. The van der Waals surface area contributed by atoms with Crippen LogP contribution in [0.1, 0.15) is 5.56 Å². The van der Waals surface area contributed by atoms with Gasteiger partial charge in [-0.2, -0.15) is 5.10 Å². The summed E-state index contributed by atoms with van der Waals surface area (Å²) in [6.45, 7) is -0.394. The second kappa shape index (κ2) is 6.75. The molecule has 22 heavy (non-hydrogen) atoms. The highest BCUT2D eigenvalue weighted by atomic mass is 16.5. The second-order valence-corrected chi connectivity index (χ2v) is 4.83. The van der Waals surface area contributed by atoms with Gasteiger partial charge in [0.25, 0.3) is 0 Å². The van der Waals surface area contributed by atoms with Crippen molar-refractivity contribution in [2.75, 3.05) is 18.6 Å². The van der Waals surface area contributed by atoms with Gasteiger partial charge in [-0.05, 0) is 29.8 Å². The van der Waals surface area contributed by atoms with E-state index in [9.17, 15) is 9.59 Å². The fraction of sp³-hybridized carbons (Fsp3) is 0.267.